The predicted molar refractivity (Wildman–Crippen MR) is 130 cm³/mol. The number of halogens is 4. The lowest BCUT2D eigenvalue weighted by Crippen LogP contribution is -2.40. The molecule has 1 aromatic heterocycles. The molecule has 0 saturated carbocycles. The van der Waals surface area contributed by atoms with Crippen LogP contribution in [0.4, 0.5) is 17.6 Å². The van der Waals surface area contributed by atoms with E-state index in [1.807, 2.05) is 13.1 Å². The fraction of sp³-hybridized carbons (Fsp3) is 0.423. The van der Waals surface area contributed by atoms with E-state index in [4.69, 9.17) is 14.9 Å². The second-order valence-electron chi connectivity index (χ2n) is 9.10. The van der Waals surface area contributed by atoms with Crippen molar-refractivity contribution in [1.82, 2.24) is 9.88 Å². The first-order valence-corrected chi connectivity index (χ1v) is 11.6. The normalized spacial score (nSPS) is 22.0. The van der Waals surface area contributed by atoms with Gasteiger partial charge in [0.25, 0.3) is 0 Å². The summed E-state index contributed by atoms with van der Waals surface area (Å²) in [7, 11) is 2.02. The van der Waals surface area contributed by atoms with Crippen LogP contribution in [0.5, 0.6) is 11.5 Å². The van der Waals surface area contributed by atoms with Crippen LogP contribution >= 0.6 is 0 Å². The molecule has 0 radical (unpaired) electrons. The van der Waals surface area contributed by atoms with Gasteiger partial charge in [-0.2, -0.15) is 18.2 Å². The van der Waals surface area contributed by atoms with E-state index < -0.39 is 17.7 Å². The van der Waals surface area contributed by atoms with E-state index in [-0.39, 0.29) is 35.8 Å². The predicted octanol–water partition coefficient (Wildman–Crippen LogP) is 6.82. The molecule has 0 aliphatic carbocycles. The Labute approximate surface area is 208 Å². The summed E-state index contributed by atoms with van der Waals surface area (Å²) in [6.45, 7) is 8.00. The molecule has 194 valence electrons. The lowest BCUT2D eigenvalue weighted by Gasteiger charge is -2.42. The monoisotopic (exact) mass is 506 g/mol. The fourth-order valence-corrected chi connectivity index (χ4v) is 4.03. The second-order valence-corrected chi connectivity index (χ2v) is 9.10. The van der Waals surface area contributed by atoms with Gasteiger partial charge >= 0.3 is 6.18 Å². The lowest BCUT2D eigenvalue weighted by molar-refractivity contribution is -0.141. The minimum absolute atomic E-state index is 0.0240. The third kappa shape index (κ3) is 6.83. The summed E-state index contributed by atoms with van der Waals surface area (Å²) >= 11 is 0. The van der Waals surface area contributed by atoms with E-state index in [0.29, 0.717) is 23.6 Å². The number of alkyl halides is 3. The van der Waals surface area contributed by atoms with Crippen LogP contribution in [0, 0.1) is 23.1 Å². The Bertz CT molecular complexity index is 1150. The Morgan fingerprint density at radius 3 is 2.58 bits per heavy atom. The highest BCUT2D eigenvalue weighted by atomic mass is 19.4. The maximum absolute atomic E-state index is 14.7. The van der Waals surface area contributed by atoms with Crippen LogP contribution in [0.1, 0.15) is 45.4 Å². The Morgan fingerprint density at radius 2 is 1.94 bits per heavy atom. The summed E-state index contributed by atoms with van der Waals surface area (Å²) in [6.07, 6.45) is -0.797. The molecule has 1 aliphatic heterocycles. The zero-order chi connectivity index (χ0) is 26.6. The van der Waals surface area contributed by atoms with Crippen LogP contribution in [0.3, 0.4) is 0 Å². The number of hydrogen-bond acceptors (Lipinski definition) is 5. The van der Waals surface area contributed by atoms with Gasteiger partial charge in [-0.3, -0.25) is 10.4 Å². The highest BCUT2D eigenvalue weighted by Gasteiger charge is 2.33. The molecule has 3 unspecified atom stereocenters. The molecule has 0 amide bonds. The zero-order valence-electron chi connectivity index (χ0n) is 20.9. The summed E-state index contributed by atoms with van der Waals surface area (Å²) in [5, 5.41) is 7.77. The van der Waals surface area contributed by atoms with E-state index in [0.717, 1.165) is 18.3 Å². The molecule has 1 saturated heterocycles. The molecule has 2 aromatic rings. The maximum Gasteiger partial charge on any atom is 0.433 e. The molecule has 1 fully saturated rings. The minimum Gasteiger partial charge on any atom is -0.473 e. The van der Waals surface area contributed by atoms with Gasteiger partial charge in [-0.05, 0) is 55.9 Å². The third-order valence-corrected chi connectivity index (χ3v) is 6.28. The molecule has 3 atom stereocenters. The van der Waals surface area contributed by atoms with Crippen molar-refractivity contribution in [2.75, 3.05) is 7.05 Å². The van der Waals surface area contributed by atoms with E-state index >= 15 is 0 Å². The number of rotatable bonds is 5. The van der Waals surface area contributed by atoms with E-state index in [1.165, 1.54) is 25.1 Å². The first kappa shape index (κ1) is 27.2. The van der Waals surface area contributed by atoms with Crippen molar-refractivity contribution in [2.24, 2.45) is 16.8 Å². The van der Waals surface area contributed by atoms with Crippen LogP contribution < -0.4 is 4.74 Å². The Hall–Kier alpha value is -3.43. The van der Waals surface area contributed by atoms with Crippen molar-refractivity contribution in [3.8, 4) is 11.5 Å². The van der Waals surface area contributed by atoms with Gasteiger partial charge in [0.2, 0.25) is 5.90 Å². The van der Waals surface area contributed by atoms with Crippen LogP contribution in [0.25, 0.3) is 0 Å². The zero-order valence-corrected chi connectivity index (χ0v) is 20.9. The average molecular weight is 507 g/mol. The first-order valence-electron chi connectivity index (χ1n) is 11.6. The molecule has 10 heteroatoms. The van der Waals surface area contributed by atoms with Crippen LogP contribution in [0.15, 0.2) is 53.3 Å². The van der Waals surface area contributed by atoms with Crippen molar-refractivity contribution >= 4 is 11.7 Å². The van der Waals surface area contributed by atoms with Gasteiger partial charge in [0, 0.05) is 37.1 Å². The largest absolute Gasteiger partial charge is 0.473 e. The van der Waals surface area contributed by atoms with Gasteiger partial charge in [0.15, 0.2) is 11.6 Å². The molecule has 0 bridgehead atoms. The summed E-state index contributed by atoms with van der Waals surface area (Å²) in [5.74, 6) is -0.119. The van der Waals surface area contributed by atoms with Gasteiger partial charge in [0.1, 0.15) is 23.9 Å². The number of hydrogen-bond donors (Lipinski definition) is 1. The Kier molecular flexibility index (Phi) is 8.37. The molecule has 3 rings (SSSR count). The number of aromatic nitrogens is 1. The quantitative estimate of drug-likeness (QED) is 0.274. The number of benzene rings is 1. The average Bonchev–Trinajstić information content (AvgIpc) is 2.79. The Morgan fingerprint density at radius 1 is 1.22 bits per heavy atom. The number of allylic oxidation sites excluding steroid dienone is 1. The van der Waals surface area contributed by atoms with Crippen LogP contribution in [0.2, 0.25) is 0 Å². The molecule has 1 aromatic carbocycles. The molecular formula is C26H30F4N4O2. The number of nitrogens with zero attached hydrogens (tertiary/aromatic N) is 3. The molecule has 1 aliphatic rings. The van der Waals surface area contributed by atoms with Gasteiger partial charge in [-0.15, -0.1) is 0 Å². The number of nitrogens with one attached hydrogen (secondary N) is 1. The number of likely N-dealkylation sites (tertiary alicyclic amines) is 1. The standard InChI is InChI=1S/C26H30F4N4O2/c1-15-10-16(2)34(5)22(17(15)3)13-25(33-18(4)31)35-14-19-6-7-23(21(27)11-19)36-20-8-9-32-24(12-20)26(28,29)30/h6-9,11-13,15-17,31H,10,14H2,1-5H3. The topological polar surface area (TPSA) is 70.8 Å². The smallest absolute Gasteiger partial charge is 0.433 e. The summed E-state index contributed by atoms with van der Waals surface area (Å²) < 4.78 is 64.4. The van der Waals surface area contributed by atoms with E-state index in [9.17, 15) is 17.6 Å². The van der Waals surface area contributed by atoms with Crippen molar-refractivity contribution < 1.29 is 27.0 Å². The number of pyridine rings is 1. The fourth-order valence-electron chi connectivity index (χ4n) is 4.03. The molecule has 1 N–H and O–H groups in total. The molecule has 2 heterocycles. The van der Waals surface area contributed by atoms with Crippen molar-refractivity contribution in [2.45, 2.75) is 52.9 Å². The second kappa shape index (κ2) is 11.1. The number of aliphatic imine (C=N–C) groups is 1. The van der Waals surface area contributed by atoms with Crippen molar-refractivity contribution in [3.05, 3.63) is 65.4 Å². The van der Waals surface area contributed by atoms with Crippen molar-refractivity contribution in [1.29, 1.82) is 5.41 Å². The highest BCUT2D eigenvalue weighted by Crippen LogP contribution is 2.34. The van der Waals surface area contributed by atoms with Crippen LogP contribution in [-0.2, 0) is 17.5 Å². The maximum atomic E-state index is 14.7. The van der Waals surface area contributed by atoms with E-state index in [1.54, 1.807) is 6.07 Å². The number of amidine groups is 1. The minimum atomic E-state index is -4.64. The molecule has 6 nitrogen and oxygen atoms in total. The third-order valence-electron chi connectivity index (χ3n) is 6.28. The van der Waals surface area contributed by atoms with Gasteiger partial charge in [0.05, 0.1) is 0 Å². The van der Waals surface area contributed by atoms with Crippen LogP contribution in [-0.4, -0.2) is 34.7 Å². The highest BCUT2D eigenvalue weighted by molar-refractivity contribution is 5.98. The number of piperidine rings is 1. The van der Waals surface area contributed by atoms with E-state index in [2.05, 4.69) is 35.6 Å². The number of ether oxygens (including phenoxy) is 2. The molecule has 36 heavy (non-hydrogen) atoms. The molecule has 0 spiro atoms. The first-order chi connectivity index (χ1) is 16.8. The lowest BCUT2D eigenvalue weighted by atomic mass is 9.82. The summed E-state index contributed by atoms with van der Waals surface area (Å²) in [6, 6.07) is 6.32. The summed E-state index contributed by atoms with van der Waals surface area (Å²) in [5.41, 5.74) is 0.382. The van der Waals surface area contributed by atoms with Gasteiger partial charge in [-0.25, -0.2) is 4.39 Å². The molecular weight excluding hydrogens is 476 g/mol. The SMILES string of the molecule is CC(=N)N=C(C=C1C(C)C(C)CC(C)N1C)OCc1ccc(Oc2ccnc(C(F)(F)F)c2)c(F)c1. The van der Waals surface area contributed by atoms with Gasteiger partial charge < -0.3 is 14.4 Å². The Balaban J connectivity index is 1.75. The van der Waals surface area contributed by atoms with Crippen molar-refractivity contribution in [3.63, 3.8) is 0 Å². The summed E-state index contributed by atoms with van der Waals surface area (Å²) in [4.78, 5) is 9.63. The van der Waals surface area contributed by atoms with Gasteiger partial charge in [-0.1, -0.05) is 19.9 Å².